The van der Waals surface area contributed by atoms with Gasteiger partial charge in [0.1, 0.15) is 19.3 Å². The number of aliphatic hydroxyl groups excluding tert-OH is 1. The lowest BCUT2D eigenvalue weighted by molar-refractivity contribution is -0.161. The molecule has 0 amide bonds. The Balaban J connectivity index is 5.24. The quantitative estimate of drug-likeness (QED) is 0.0222. The second-order valence-electron chi connectivity index (χ2n) is 27.3. The van der Waals surface area contributed by atoms with E-state index in [0.717, 1.165) is 108 Å². The molecule has 17 nitrogen and oxygen atoms in total. The van der Waals surface area contributed by atoms with Gasteiger partial charge in [-0.25, -0.2) is 9.13 Å². The van der Waals surface area contributed by atoms with Gasteiger partial charge in [-0.05, 0) is 43.4 Å². The van der Waals surface area contributed by atoms with Crippen LogP contribution in [0.1, 0.15) is 370 Å². The van der Waals surface area contributed by atoms with Crippen molar-refractivity contribution < 1.29 is 80.2 Å². The van der Waals surface area contributed by atoms with Gasteiger partial charge in [-0.3, -0.25) is 37.3 Å². The largest absolute Gasteiger partial charge is 0.472 e. The molecule has 546 valence electrons. The number of ether oxygens (including phenoxy) is 4. The predicted octanol–water partition coefficient (Wildman–Crippen LogP) is 21.0. The summed E-state index contributed by atoms with van der Waals surface area (Å²) in [6, 6.07) is 0. The topological polar surface area (TPSA) is 237 Å². The number of esters is 4. The van der Waals surface area contributed by atoms with E-state index in [-0.39, 0.29) is 25.7 Å². The van der Waals surface area contributed by atoms with E-state index in [4.69, 9.17) is 37.0 Å². The standard InChI is InChI=1S/C73H142O17P2/c1-8-11-12-13-14-15-16-22-25-34-42-49-56-72(77)90-69(61-84-71(76)55-48-41-36-29-30-37-44-51-64(4)5)63-88-92(81,82)86-59-67(74)58-85-91(79,80)87-62-68(60-83-70(75)54-47-40-33-28-27-32-39-46-53-66(7)10-3)89-73(78)57-50-43-35-26-23-20-18-17-19-21-24-31-38-45-52-65(6)9-2/h64-69,74H,8-63H2,1-7H3,(H,79,80)(H,81,82)/t65?,66?,67-,68-,69-/m1/s1. The Morgan fingerprint density at radius 3 is 0.826 bits per heavy atom. The summed E-state index contributed by atoms with van der Waals surface area (Å²) in [6.07, 6.45) is 48.5. The van der Waals surface area contributed by atoms with Crippen LogP contribution >= 0.6 is 15.6 Å². The molecular formula is C73H142O17P2. The molecule has 0 saturated carbocycles. The van der Waals surface area contributed by atoms with Gasteiger partial charge in [0.15, 0.2) is 12.2 Å². The SMILES string of the molecule is CCCCCCCCCCCCCCC(=O)O[C@H](COC(=O)CCCCCCCCCC(C)C)COP(=O)(O)OC[C@H](O)COP(=O)(O)OC[C@@H](COC(=O)CCCCCCCCCCC(C)CC)OC(=O)CCCCCCCCCCCCCCCCC(C)CC. The van der Waals surface area contributed by atoms with E-state index in [1.165, 1.54) is 173 Å². The first-order chi connectivity index (χ1) is 44.3. The monoisotopic (exact) mass is 1350 g/mol. The van der Waals surface area contributed by atoms with Crippen LogP contribution in [-0.4, -0.2) is 96.7 Å². The van der Waals surface area contributed by atoms with Crippen molar-refractivity contribution in [1.29, 1.82) is 0 Å². The highest BCUT2D eigenvalue weighted by atomic mass is 31.2. The third-order valence-electron chi connectivity index (χ3n) is 17.6. The average molecular weight is 1350 g/mol. The minimum atomic E-state index is -4.95. The first-order valence-electron chi connectivity index (χ1n) is 37.9. The molecule has 0 spiro atoms. The van der Waals surface area contributed by atoms with Crippen molar-refractivity contribution >= 4 is 39.5 Å². The van der Waals surface area contributed by atoms with Crippen LogP contribution in [0.15, 0.2) is 0 Å². The van der Waals surface area contributed by atoms with E-state index >= 15 is 0 Å². The number of carbonyl (C=O) groups excluding carboxylic acids is 4. The van der Waals surface area contributed by atoms with Crippen LogP contribution in [0.3, 0.4) is 0 Å². The molecule has 0 aromatic heterocycles. The smallest absolute Gasteiger partial charge is 0.462 e. The summed E-state index contributed by atoms with van der Waals surface area (Å²) in [5.41, 5.74) is 0. The molecule has 0 aliphatic carbocycles. The second kappa shape index (κ2) is 63.8. The van der Waals surface area contributed by atoms with Crippen molar-refractivity contribution in [3.63, 3.8) is 0 Å². The van der Waals surface area contributed by atoms with E-state index in [1.54, 1.807) is 0 Å². The third-order valence-corrected chi connectivity index (χ3v) is 19.5. The van der Waals surface area contributed by atoms with Crippen LogP contribution in [0, 0.1) is 17.8 Å². The van der Waals surface area contributed by atoms with Gasteiger partial charge in [0.25, 0.3) is 0 Å². The number of aliphatic hydroxyl groups is 1. The number of phosphoric ester groups is 2. The molecule has 0 rings (SSSR count). The summed E-state index contributed by atoms with van der Waals surface area (Å²) in [5.74, 6) is 0.206. The first kappa shape index (κ1) is 90.1. The molecule has 92 heavy (non-hydrogen) atoms. The highest BCUT2D eigenvalue weighted by Gasteiger charge is 2.30. The normalized spacial score (nSPS) is 14.7. The van der Waals surface area contributed by atoms with Crippen LogP contribution in [0.2, 0.25) is 0 Å². The Hall–Kier alpha value is -1.94. The van der Waals surface area contributed by atoms with Crippen LogP contribution in [0.4, 0.5) is 0 Å². The lowest BCUT2D eigenvalue weighted by Gasteiger charge is -2.21. The van der Waals surface area contributed by atoms with Crippen LogP contribution in [0.5, 0.6) is 0 Å². The number of hydrogen-bond acceptors (Lipinski definition) is 15. The number of carbonyl (C=O) groups is 4. The van der Waals surface area contributed by atoms with E-state index in [2.05, 4.69) is 48.5 Å². The molecule has 19 heteroatoms. The summed E-state index contributed by atoms with van der Waals surface area (Å²) >= 11 is 0. The average Bonchev–Trinajstić information content (AvgIpc) is 2.36. The zero-order chi connectivity index (χ0) is 68.0. The van der Waals surface area contributed by atoms with E-state index < -0.39 is 97.5 Å². The fourth-order valence-electron chi connectivity index (χ4n) is 11.0. The minimum Gasteiger partial charge on any atom is -0.462 e. The van der Waals surface area contributed by atoms with Crippen LogP contribution < -0.4 is 0 Å². The highest BCUT2D eigenvalue weighted by molar-refractivity contribution is 7.47. The lowest BCUT2D eigenvalue weighted by atomic mass is 9.99. The van der Waals surface area contributed by atoms with Gasteiger partial charge < -0.3 is 33.8 Å². The van der Waals surface area contributed by atoms with E-state index in [9.17, 15) is 43.2 Å². The minimum absolute atomic E-state index is 0.106. The fraction of sp³-hybridized carbons (Fsp3) is 0.945. The molecule has 0 aromatic rings. The molecule has 0 aromatic carbocycles. The van der Waals surface area contributed by atoms with Gasteiger partial charge in [0.2, 0.25) is 0 Å². The maximum atomic E-state index is 13.1. The van der Waals surface area contributed by atoms with Crippen molar-refractivity contribution in [3.05, 3.63) is 0 Å². The van der Waals surface area contributed by atoms with Crippen molar-refractivity contribution in [1.82, 2.24) is 0 Å². The van der Waals surface area contributed by atoms with Gasteiger partial charge in [-0.15, -0.1) is 0 Å². The molecule has 3 N–H and O–H groups in total. The van der Waals surface area contributed by atoms with E-state index in [0.29, 0.717) is 31.6 Å². The molecule has 0 radical (unpaired) electrons. The number of phosphoric acid groups is 2. The maximum Gasteiger partial charge on any atom is 0.472 e. The van der Waals surface area contributed by atoms with Crippen LogP contribution in [0.25, 0.3) is 0 Å². The predicted molar refractivity (Wildman–Crippen MR) is 372 cm³/mol. The molecule has 7 atom stereocenters. The maximum absolute atomic E-state index is 13.1. The third kappa shape index (κ3) is 64.1. The molecular weight excluding hydrogens is 1210 g/mol. The van der Waals surface area contributed by atoms with Crippen molar-refractivity contribution in [2.75, 3.05) is 39.6 Å². The molecule has 0 aliphatic rings. The molecule has 0 aliphatic heterocycles. The fourth-order valence-corrected chi connectivity index (χ4v) is 12.6. The number of unbranched alkanes of at least 4 members (excludes halogenated alkanes) is 37. The van der Waals surface area contributed by atoms with E-state index in [1.807, 2.05) is 0 Å². The molecule has 0 fully saturated rings. The van der Waals surface area contributed by atoms with Gasteiger partial charge >= 0.3 is 39.5 Å². The summed E-state index contributed by atoms with van der Waals surface area (Å²) in [6.45, 7) is 11.9. The Bertz CT molecular complexity index is 1810. The number of rotatable bonds is 71. The van der Waals surface area contributed by atoms with Crippen molar-refractivity contribution in [2.24, 2.45) is 17.8 Å². The number of hydrogen-bond donors (Lipinski definition) is 3. The molecule has 4 unspecified atom stereocenters. The van der Waals surface area contributed by atoms with Crippen LogP contribution in [-0.2, 0) is 65.4 Å². The van der Waals surface area contributed by atoms with Gasteiger partial charge in [0, 0.05) is 25.7 Å². The highest BCUT2D eigenvalue weighted by Crippen LogP contribution is 2.45. The van der Waals surface area contributed by atoms with Gasteiger partial charge in [-0.2, -0.15) is 0 Å². The zero-order valence-electron chi connectivity index (χ0n) is 60.0. The van der Waals surface area contributed by atoms with Gasteiger partial charge in [0.05, 0.1) is 26.4 Å². The molecule has 0 heterocycles. The summed E-state index contributed by atoms with van der Waals surface area (Å²) < 4.78 is 68.4. The van der Waals surface area contributed by atoms with Crippen molar-refractivity contribution in [2.45, 2.75) is 388 Å². The summed E-state index contributed by atoms with van der Waals surface area (Å²) in [5, 5.41) is 10.6. The molecule has 0 bridgehead atoms. The summed E-state index contributed by atoms with van der Waals surface area (Å²) in [4.78, 5) is 72.7. The molecule has 0 saturated heterocycles. The summed E-state index contributed by atoms with van der Waals surface area (Å²) in [7, 11) is -9.91. The van der Waals surface area contributed by atoms with Crippen molar-refractivity contribution in [3.8, 4) is 0 Å². The Morgan fingerprint density at radius 1 is 0.315 bits per heavy atom. The Labute approximate surface area is 562 Å². The zero-order valence-corrected chi connectivity index (χ0v) is 61.8. The first-order valence-corrected chi connectivity index (χ1v) is 40.9. The van der Waals surface area contributed by atoms with Gasteiger partial charge in [-0.1, -0.05) is 318 Å². The Kier molecular flexibility index (Phi) is 62.4. The second-order valence-corrected chi connectivity index (χ2v) is 30.2. The lowest BCUT2D eigenvalue weighted by Crippen LogP contribution is -2.30. The Morgan fingerprint density at radius 2 is 0.554 bits per heavy atom.